The normalized spacial score (nSPS) is 9.79. The molecule has 0 aliphatic carbocycles. The largest absolute Gasteiger partial charge is 0.504 e. The Balaban J connectivity index is 2.77. The number of nitrogens with zero attached hydrogens (tertiary/aromatic N) is 1. The highest BCUT2D eigenvalue weighted by atomic mass is 16.7. The van der Waals surface area contributed by atoms with E-state index in [-0.39, 0.29) is 11.5 Å². The Morgan fingerprint density at radius 2 is 2.36 bits per heavy atom. The van der Waals surface area contributed by atoms with Gasteiger partial charge in [0.05, 0.1) is 0 Å². The Morgan fingerprint density at radius 1 is 1.57 bits per heavy atom. The highest BCUT2D eigenvalue weighted by molar-refractivity contribution is 5.41. The van der Waals surface area contributed by atoms with Crippen LogP contribution in [-0.2, 0) is 6.42 Å². The lowest BCUT2D eigenvalue weighted by Crippen LogP contribution is -2.10. The number of hydrogen-bond acceptors (Lipinski definition) is 5. The molecule has 0 bridgehead atoms. The van der Waals surface area contributed by atoms with Gasteiger partial charge in [0.25, 0.3) is 0 Å². The zero-order chi connectivity index (χ0) is 10.4. The first-order valence-electron chi connectivity index (χ1n) is 4.24. The first-order valence-corrected chi connectivity index (χ1v) is 4.24. The fourth-order valence-electron chi connectivity index (χ4n) is 1.10. The second-order valence-corrected chi connectivity index (χ2v) is 2.82. The van der Waals surface area contributed by atoms with E-state index >= 15 is 0 Å². The summed E-state index contributed by atoms with van der Waals surface area (Å²) in [6, 6.07) is 4.84. The highest BCUT2D eigenvalue weighted by Crippen LogP contribution is 2.26. The molecule has 0 spiro atoms. The summed E-state index contributed by atoms with van der Waals surface area (Å²) < 4.78 is 0. The molecular formula is C9H12N2O3. The molecule has 0 aromatic heterocycles. The molecule has 0 aliphatic rings. The predicted molar refractivity (Wildman–Crippen MR) is 52.2 cm³/mol. The van der Waals surface area contributed by atoms with E-state index in [0.29, 0.717) is 0 Å². The van der Waals surface area contributed by atoms with Gasteiger partial charge in [0.15, 0.2) is 11.1 Å². The summed E-state index contributed by atoms with van der Waals surface area (Å²) in [5.74, 6) is 0.00594. The standard InChI is InChI=1S/C9H12N2O3/c1-10-5-4-7-2-3-8(12)9(6-7)14-11-13/h2-3,6,10,12H,4-5H2,1H3. The number of rotatable bonds is 5. The van der Waals surface area contributed by atoms with Crippen molar-refractivity contribution in [3.63, 3.8) is 0 Å². The van der Waals surface area contributed by atoms with Gasteiger partial charge in [-0.25, -0.2) is 0 Å². The van der Waals surface area contributed by atoms with Crippen LogP contribution in [0.3, 0.4) is 0 Å². The molecule has 0 unspecified atom stereocenters. The van der Waals surface area contributed by atoms with Crippen LogP contribution >= 0.6 is 0 Å². The van der Waals surface area contributed by atoms with E-state index in [2.05, 4.69) is 15.5 Å². The molecule has 1 aromatic rings. The molecule has 1 aromatic carbocycles. The zero-order valence-electron chi connectivity index (χ0n) is 7.86. The lowest BCUT2D eigenvalue weighted by atomic mass is 10.1. The minimum absolute atomic E-state index is 0.0854. The maximum Gasteiger partial charge on any atom is 0.203 e. The fraction of sp³-hybridized carbons (Fsp3) is 0.333. The third-order valence-corrected chi connectivity index (χ3v) is 1.82. The van der Waals surface area contributed by atoms with E-state index in [1.54, 1.807) is 12.1 Å². The van der Waals surface area contributed by atoms with Gasteiger partial charge in [-0.05, 0) is 37.7 Å². The van der Waals surface area contributed by atoms with E-state index in [1.165, 1.54) is 6.07 Å². The summed E-state index contributed by atoms with van der Waals surface area (Å²) in [6.07, 6.45) is 0.798. The maximum absolute atomic E-state index is 9.86. The van der Waals surface area contributed by atoms with Crippen molar-refractivity contribution in [2.45, 2.75) is 6.42 Å². The Kier molecular flexibility index (Phi) is 3.87. The van der Waals surface area contributed by atoms with Crippen molar-refractivity contribution in [2.24, 2.45) is 5.34 Å². The maximum atomic E-state index is 9.86. The van der Waals surface area contributed by atoms with Crippen molar-refractivity contribution >= 4 is 0 Å². The van der Waals surface area contributed by atoms with Crippen molar-refractivity contribution < 1.29 is 9.94 Å². The van der Waals surface area contributed by atoms with Crippen LogP contribution in [0.25, 0.3) is 0 Å². The summed E-state index contributed by atoms with van der Waals surface area (Å²) in [6.45, 7) is 0.818. The molecule has 14 heavy (non-hydrogen) atoms. The number of likely N-dealkylation sites (N-methyl/N-ethyl adjacent to an activating group) is 1. The molecule has 0 atom stereocenters. The molecule has 0 aliphatic heterocycles. The molecule has 0 radical (unpaired) electrons. The van der Waals surface area contributed by atoms with Crippen LogP contribution in [0.5, 0.6) is 11.5 Å². The minimum Gasteiger partial charge on any atom is -0.504 e. The van der Waals surface area contributed by atoms with Crippen LogP contribution in [0, 0.1) is 4.91 Å². The minimum atomic E-state index is -0.0854. The number of phenolic OH excluding ortho intramolecular Hbond substituents is 1. The van der Waals surface area contributed by atoms with Crippen LogP contribution in [0.15, 0.2) is 23.5 Å². The predicted octanol–water partition coefficient (Wildman–Crippen LogP) is 1.21. The number of nitrogens with one attached hydrogen (secondary N) is 1. The SMILES string of the molecule is CNCCc1ccc(O)c(ON=O)c1. The van der Waals surface area contributed by atoms with Crippen molar-refractivity contribution in [3.05, 3.63) is 28.7 Å². The molecule has 5 heteroatoms. The van der Waals surface area contributed by atoms with Gasteiger partial charge in [-0.15, -0.1) is 4.91 Å². The first-order chi connectivity index (χ1) is 6.77. The molecule has 2 N–H and O–H groups in total. The van der Waals surface area contributed by atoms with Crippen molar-refractivity contribution in [1.82, 2.24) is 5.32 Å². The smallest absolute Gasteiger partial charge is 0.203 e. The summed E-state index contributed by atoms with van der Waals surface area (Å²) in [5.41, 5.74) is 0.968. The Hall–Kier alpha value is -1.62. The molecule has 76 valence electrons. The van der Waals surface area contributed by atoms with E-state index in [4.69, 9.17) is 0 Å². The van der Waals surface area contributed by atoms with Crippen molar-refractivity contribution in [1.29, 1.82) is 0 Å². The van der Waals surface area contributed by atoms with Crippen LogP contribution < -0.4 is 10.2 Å². The van der Waals surface area contributed by atoms with Gasteiger partial charge in [-0.1, -0.05) is 6.07 Å². The van der Waals surface area contributed by atoms with Gasteiger partial charge in [-0.3, -0.25) is 0 Å². The Labute approximate surface area is 81.6 Å². The quantitative estimate of drug-likeness (QED) is 0.548. The fourth-order valence-corrected chi connectivity index (χ4v) is 1.10. The van der Waals surface area contributed by atoms with Crippen molar-refractivity contribution in [3.8, 4) is 11.5 Å². The number of aromatic hydroxyl groups is 1. The van der Waals surface area contributed by atoms with Gasteiger partial charge in [0.2, 0.25) is 5.75 Å². The topological polar surface area (TPSA) is 70.9 Å². The molecule has 0 saturated heterocycles. The monoisotopic (exact) mass is 196 g/mol. The molecule has 1 rings (SSSR count). The number of hydrogen-bond donors (Lipinski definition) is 2. The molecule has 0 fully saturated rings. The Bertz CT molecular complexity index is 315. The molecule has 0 heterocycles. The summed E-state index contributed by atoms with van der Waals surface area (Å²) in [4.78, 5) is 14.2. The molecule has 5 nitrogen and oxygen atoms in total. The number of benzene rings is 1. The number of phenols is 1. The zero-order valence-corrected chi connectivity index (χ0v) is 7.86. The Morgan fingerprint density at radius 3 is 3.00 bits per heavy atom. The third kappa shape index (κ3) is 2.70. The van der Waals surface area contributed by atoms with Gasteiger partial charge >= 0.3 is 0 Å². The van der Waals surface area contributed by atoms with E-state index < -0.39 is 0 Å². The van der Waals surface area contributed by atoms with Crippen LogP contribution in [-0.4, -0.2) is 18.7 Å². The first kappa shape index (κ1) is 10.5. The lowest BCUT2D eigenvalue weighted by Gasteiger charge is -2.03. The summed E-state index contributed by atoms with van der Waals surface area (Å²) in [5, 5.41) is 14.5. The molecule has 0 amide bonds. The third-order valence-electron chi connectivity index (χ3n) is 1.82. The van der Waals surface area contributed by atoms with Gasteiger partial charge < -0.3 is 15.3 Å². The summed E-state index contributed by atoms with van der Waals surface area (Å²) >= 11 is 0. The average molecular weight is 196 g/mol. The molecular weight excluding hydrogens is 184 g/mol. The van der Waals surface area contributed by atoms with Crippen LogP contribution in [0.2, 0.25) is 0 Å². The average Bonchev–Trinajstić information content (AvgIpc) is 2.19. The van der Waals surface area contributed by atoms with Gasteiger partial charge in [0.1, 0.15) is 0 Å². The van der Waals surface area contributed by atoms with E-state index in [1.807, 2.05) is 7.05 Å². The van der Waals surface area contributed by atoms with Crippen LogP contribution in [0.1, 0.15) is 5.56 Å². The second kappa shape index (κ2) is 5.18. The van der Waals surface area contributed by atoms with E-state index in [9.17, 15) is 10.0 Å². The lowest BCUT2D eigenvalue weighted by molar-refractivity contribution is 0.313. The second-order valence-electron chi connectivity index (χ2n) is 2.82. The van der Waals surface area contributed by atoms with Crippen molar-refractivity contribution in [2.75, 3.05) is 13.6 Å². The molecule has 0 saturated carbocycles. The van der Waals surface area contributed by atoms with Gasteiger partial charge in [-0.2, -0.15) is 0 Å². The highest BCUT2D eigenvalue weighted by Gasteiger charge is 2.04. The van der Waals surface area contributed by atoms with Gasteiger partial charge in [0, 0.05) is 0 Å². The van der Waals surface area contributed by atoms with Crippen LogP contribution in [0.4, 0.5) is 0 Å². The van der Waals surface area contributed by atoms with E-state index in [0.717, 1.165) is 18.5 Å². The summed E-state index contributed by atoms with van der Waals surface area (Å²) in [7, 11) is 1.85.